The lowest BCUT2D eigenvalue weighted by molar-refractivity contribution is -0.153. The molecule has 3 amide bonds. The first-order valence-corrected chi connectivity index (χ1v) is 16.4. The molecule has 6 unspecified atom stereocenters. The van der Waals surface area contributed by atoms with Crippen molar-refractivity contribution in [3.05, 3.63) is 0 Å². The van der Waals surface area contributed by atoms with Crippen LogP contribution in [0.3, 0.4) is 0 Å². The summed E-state index contributed by atoms with van der Waals surface area (Å²) in [5.41, 5.74) is 11.4. The summed E-state index contributed by atoms with van der Waals surface area (Å²) in [4.78, 5) is 38.1. The number of rotatable bonds is 11. The highest BCUT2D eigenvalue weighted by atomic mass is 16.3. The number of nitrogens with two attached hydrogens (primary N) is 2. The molecule has 4 saturated carbocycles. The van der Waals surface area contributed by atoms with Gasteiger partial charge in [-0.25, -0.2) is 0 Å². The summed E-state index contributed by atoms with van der Waals surface area (Å²) in [5.74, 6) is 2.46. The normalized spacial score (nSPS) is 40.5. The maximum atomic E-state index is 13.1. The first-order valence-electron chi connectivity index (χ1n) is 16.4. The van der Waals surface area contributed by atoms with Crippen molar-refractivity contribution >= 4 is 17.7 Å². The zero-order valence-corrected chi connectivity index (χ0v) is 25.9. The van der Waals surface area contributed by atoms with E-state index in [1.54, 1.807) is 6.92 Å². The van der Waals surface area contributed by atoms with Crippen molar-refractivity contribution in [3.8, 4) is 0 Å². The molecule has 0 aliphatic heterocycles. The van der Waals surface area contributed by atoms with Crippen molar-refractivity contribution in [2.45, 2.75) is 116 Å². The molecule has 8 N–H and O–H groups in total. The molecular formula is C32H57N5O4. The van der Waals surface area contributed by atoms with Crippen molar-refractivity contribution in [1.82, 2.24) is 16.0 Å². The van der Waals surface area contributed by atoms with E-state index in [1.165, 1.54) is 0 Å². The number of aliphatic hydroxyl groups is 1. The third-order valence-electron chi connectivity index (χ3n) is 12.3. The zero-order valence-electron chi connectivity index (χ0n) is 25.9. The van der Waals surface area contributed by atoms with E-state index in [9.17, 15) is 19.5 Å². The van der Waals surface area contributed by atoms with Crippen LogP contribution < -0.4 is 27.4 Å². The molecule has 9 nitrogen and oxygen atoms in total. The lowest BCUT2D eigenvalue weighted by Crippen LogP contribution is -2.67. The Morgan fingerprint density at radius 1 is 0.927 bits per heavy atom. The summed E-state index contributed by atoms with van der Waals surface area (Å²) in [7, 11) is 0. The second-order valence-electron chi connectivity index (χ2n) is 14.4. The van der Waals surface area contributed by atoms with Crippen LogP contribution in [-0.4, -0.2) is 60.6 Å². The van der Waals surface area contributed by atoms with Gasteiger partial charge in [-0.15, -0.1) is 0 Å². The van der Waals surface area contributed by atoms with Crippen molar-refractivity contribution in [3.63, 3.8) is 0 Å². The highest BCUT2D eigenvalue weighted by molar-refractivity contribution is 5.77. The Bertz CT molecular complexity index is 947. The second-order valence-corrected chi connectivity index (χ2v) is 14.4. The average Bonchev–Trinajstić information content (AvgIpc) is 3.26. The number of fused-ring (bicyclic) bond motifs is 5. The Morgan fingerprint density at radius 2 is 1.61 bits per heavy atom. The fourth-order valence-electron chi connectivity index (χ4n) is 10.4. The Balaban J connectivity index is 1.69. The number of aliphatic hydroxyl groups excluding tert-OH is 1. The van der Waals surface area contributed by atoms with E-state index in [4.69, 9.17) is 11.5 Å². The SMILES string of the molecule is CC(=O)N[C@@H]1CC2C[C@H](NC(=O)CCN)CCC2(C)[C@H]2CC(NC(=O)CCN)C3(C)C([C@H](C)CCCO)CC[C@H]3C12. The lowest BCUT2D eigenvalue weighted by atomic mass is 9.42. The predicted molar refractivity (Wildman–Crippen MR) is 160 cm³/mol. The molecular weight excluding hydrogens is 518 g/mol. The van der Waals surface area contributed by atoms with Gasteiger partial charge in [0.05, 0.1) is 0 Å². The molecule has 0 aromatic rings. The first-order chi connectivity index (χ1) is 19.5. The summed E-state index contributed by atoms with van der Waals surface area (Å²) < 4.78 is 0. The van der Waals surface area contributed by atoms with Gasteiger partial charge in [0.15, 0.2) is 0 Å². The van der Waals surface area contributed by atoms with Crippen LogP contribution in [0.5, 0.6) is 0 Å². The Kier molecular flexibility index (Phi) is 10.4. The van der Waals surface area contributed by atoms with Gasteiger partial charge in [0.1, 0.15) is 0 Å². The van der Waals surface area contributed by atoms with E-state index in [0.29, 0.717) is 61.4 Å². The smallest absolute Gasteiger partial charge is 0.221 e. The second kappa shape index (κ2) is 13.3. The lowest BCUT2D eigenvalue weighted by Gasteiger charge is -2.65. The van der Waals surface area contributed by atoms with Crippen molar-refractivity contribution < 1.29 is 19.5 Å². The minimum absolute atomic E-state index is 0.0203. The van der Waals surface area contributed by atoms with Crippen LogP contribution in [0.15, 0.2) is 0 Å². The van der Waals surface area contributed by atoms with Crippen molar-refractivity contribution in [1.29, 1.82) is 0 Å². The summed E-state index contributed by atoms with van der Waals surface area (Å²) in [5, 5.41) is 19.7. The number of nitrogens with one attached hydrogen (secondary N) is 3. The van der Waals surface area contributed by atoms with Crippen LogP contribution in [0, 0.1) is 46.3 Å². The van der Waals surface area contributed by atoms with Gasteiger partial charge in [-0.05, 0) is 104 Å². The van der Waals surface area contributed by atoms with Gasteiger partial charge in [-0.3, -0.25) is 14.4 Å². The fraction of sp³-hybridized carbons (Fsp3) is 0.906. The number of carbonyl (C=O) groups excluding carboxylic acids is 3. The van der Waals surface area contributed by atoms with Crippen LogP contribution in [0.1, 0.15) is 98.3 Å². The van der Waals surface area contributed by atoms with Gasteiger partial charge >= 0.3 is 0 Å². The van der Waals surface area contributed by atoms with E-state index in [0.717, 1.165) is 57.8 Å². The van der Waals surface area contributed by atoms with Gasteiger partial charge in [0.25, 0.3) is 0 Å². The van der Waals surface area contributed by atoms with Crippen LogP contribution in [0.4, 0.5) is 0 Å². The largest absolute Gasteiger partial charge is 0.396 e. The molecule has 9 heteroatoms. The molecule has 4 aliphatic carbocycles. The number of hydrogen-bond acceptors (Lipinski definition) is 6. The first kappa shape index (κ1) is 32.2. The van der Waals surface area contributed by atoms with E-state index < -0.39 is 0 Å². The van der Waals surface area contributed by atoms with Gasteiger partial charge in [0, 0.05) is 57.6 Å². The molecule has 0 saturated heterocycles. The molecule has 4 rings (SSSR count). The van der Waals surface area contributed by atoms with E-state index in [2.05, 4.69) is 36.7 Å². The highest BCUT2D eigenvalue weighted by Crippen LogP contribution is 2.68. The van der Waals surface area contributed by atoms with Crippen LogP contribution in [-0.2, 0) is 14.4 Å². The molecule has 0 spiro atoms. The zero-order chi connectivity index (χ0) is 29.9. The molecule has 0 aromatic carbocycles. The van der Waals surface area contributed by atoms with E-state index in [1.807, 2.05) is 0 Å². The maximum Gasteiger partial charge on any atom is 0.221 e. The quantitative estimate of drug-likeness (QED) is 0.222. The molecule has 0 bridgehead atoms. The highest BCUT2D eigenvalue weighted by Gasteiger charge is 2.66. The van der Waals surface area contributed by atoms with Crippen LogP contribution >= 0.6 is 0 Å². The van der Waals surface area contributed by atoms with Crippen molar-refractivity contribution in [2.24, 2.45) is 57.8 Å². The Hall–Kier alpha value is -1.71. The number of hydrogen-bond donors (Lipinski definition) is 6. The summed E-state index contributed by atoms with van der Waals surface area (Å²) in [6.45, 7) is 9.71. The molecule has 4 fully saturated rings. The molecule has 0 aromatic heterocycles. The fourth-order valence-corrected chi connectivity index (χ4v) is 10.4. The van der Waals surface area contributed by atoms with Crippen LogP contribution in [0.25, 0.3) is 0 Å². The maximum absolute atomic E-state index is 13.1. The van der Waals surface area contributed by atoms with Crippen molar-refractivity contribution in [2.75, 3.05) is 19.7 Å². The topological polar surface area (TPSA) is 160 Å². The summed E-state index contributed by atoms with van der Waals surface area (Å²) in [6, 6.07) is 0.275. The van der Waals surface area contributed by atoms with Gasteiger partial charge in [-0.2, -0.15) is 0 Å². The molecule has 0 radical (unpaired) electrons. The minimum atomic E-state index is -0.0897. The standard InChI is InChI=1S/C32H57N5O4/c1-19(6-5-15-38)23-7-8-24-30-25(18-27(32(23,24)4)37-29(41)11-14-34)31(3)12-9-22(36-28(40)10-13-33)16-21(31)17-26(30)35-20(2)39/h19,21-27,30,38H,5-18,33-34H2,1-4H3,(H,35,39)(H,36,40)(H,37,41)/t19-,21?,22-,23?,24+,25+,26-,27?,30?,31?,32?/m1/s1. The van der Waals surface area contributed by atoms with E-state index >= 15 is 0 Å². The monoisotopic (exact) mass is 575 g/mol. The Labute approximate surface area is 247 Å². The molecule has 4 aliphatic rings. The predicted octanol–water partition coefficient (Wildman–Crippen LogP) is 2.45. The number of carbonyl (C=O) groups is 3. The van der Waals surface area contributed by atoms with Gasteiger partial charge in [-0.1, -0.05) is 20.8 Å². The molecule has 11 atom stereocenters. The summed E-state index contributed by atoms with van der Waals surface area (Å²) >= 11 is 0. The molecule has 234 valence electrons. The molecule has 41 heavy (non-hydrogen) atoms. The molecule has 0 heterocycles. The minimum Gasteiger partial charge on any atom is -0.396 e. The number of amides is 3. The van der Waals surface area contributed by atoms with Crippen LogP contribution in [0.2, 0.25) is 0 Å². The Morgan fingerprint density at radius 3 is 2.24 bits per heavy atom. The third-order valence-corrected chi connectivity index (χ3v) is 12.3. The third kappa shape index (κ3) is 6.32. The average molecular weight is 576 g/mol. The van der Waals surface area contributed by atoms with E-state index in [-0.39, 0.29) is 53.3 Å². The van der Waals surface area contributed by atoms with Gasteiger partial charge < -0.3 is 32.5 Å². The van der Waals surface area contributed by atoms with Gasteiger partial charge in [0.2, 0.25) is 17.7 Å². The summed E-state index contributed by atoms with van der Waals surface area (Å²) in [6.07, 6.45) is 9.40.